The van der Waals surface area contributed by atoms with E-state index in [1.165, 1.54) is 16.2 Å². The number of ether oxygens (including phenoxy) is 1. The molecule has 2 aromatic carbocycles. The lowest BCUT2D eigenvalue weighted by Crippen LogP contribution is -2.32. The van der Waals surface area contributed by atoms with Gasteiger partial charge in [0, 0.05) is 15.6 Å². The molecule has 29 heavy (non-hydrogen) atoms. The highest BCUT2D eigenvalue weighted by Gasteiger charge is 2.39. The van der Waals surface area contributed by atoms with E-state index in [0.717, 1.165) is 4.88 Å². The van der Waals surface area contributed by atoms with Crippen molar-refractivity contribution in [1.29, 1.82) is 0 Å². The first-order valence-electron chi connectivity index (χ1n) is 8.87. The average molecular weight is 425 g/mol. The number of carbonyl (C=O) groups is 2. The van der Waals surface area contributed by atoms with Crippen LogP contribution in [0.5, 0.6) is 5.75 Å². The highest BCUT2D eigenvalue weighted by Crippen LogP contribution is 2.34. The van der Waals surface area contributed by atoms with E-state index in [9.17, 15) is 9.59 Å². The lowest BCUT2D eigenvalue weighted by molar-refractivity contribution is -0.137. The van der Waals surface area contributed by atoms with E-state index in [4.69, 9.17) is 16.3 Å². The number of hydrogen-bond donors (Lipinski definition) is 1. The quantitative estimate of drug-likeness (QED) is 0.577. The second kappa shape index (κ2) is 8.11. The Morgan fingerprint density at radius 3 is 2.41 bits per heavy atom. The fourth-order valence-electron chi connectivity index (χ4n) is 3.10. The fraction of sp³-hybridized carbons (Fsp3) is 0.0909. The Hall–Kier alpha value is -3.09. The topological polar surface area (TPSA) is 58.6 Å². The van der Waals surface area contributed by atoms with Crippen molar-refractivity contribution in [3.05, 3.63) is 87.2 Å². The highest BCUT2D eigenvalue weighted by atomic mass is 35.5. The van der Waals surface area contributed by atoms with Gasteiger partial charge in [-0.1, -0.05) is 35.9 Å². The molecule has 1 aliphatic heterocycles. The summed E-state index contributed by atoms with van der Waals surface area (Å²) in [5, 5.41) is 5.52. The number of nitrogens with zero attached hydrogens (tertiary/aromatic N) is 1. The molecule has 1 N–H and O–H groups in total. The van der Waals surface area contributed by atoms with Crippen LogP contribution in [0.25, 0.3) is 5.57 Å². The van der Waals surface area contributed by atoms with Crippen molar-refractivity contribution in [3.8, 4) is 5.75 Å². The Kier molecular flexibility index (Phi) is 5.38. The summed E-state index contributed by atoms with van der Waals surface area (Å²) in [6, 6.07) is 18.1. The van der Waals surface area contributed by atoms with Gasteiger partial charge in [-0.2, -0.15) is 0 Å². The van der Waals surface area contributed by atoms with Crippen LogP contribution in [0.2, 0.25) is 5.02 Å². The summed E-state index contributed by atoms with van der Waals surface area (Å²) in [4.78, 5) is 28.3. The van der Waals surface area contributed by atoms with Gasteiger partial charge in [-0.25, -0.2) is 0 Å². The number of carbonyl (C=O) groups excluding carboxylic acids is 2. The number of amides is 2. The van der Waals surface area contributed by atoms with E-state index in [2.05, 4.69) is 5.32 Å². The van der Waals surface area contributed by atoms with Crippen molar-refractivity contribution in [2.75, 3.05) is 12.4 Å². The Bertz CT molecular complexity index is 1090. The van der Waals surface area contributed by atoms with Crippen LogP contribution in [0.3, 0.4) is 0 Å². The van der Waals surface area contributed by atoms with E-state index < -0.39 is 0 Å². The number of hydrogen-bond acceptors (Lipinski definition) is 5. The van der Waals surface area contributed by atoms with Crippen molar-refractivity contribution < 1.29 is 14.3 Å². The second-order valence-corrected chi connectivity index (χ2v) is 7.72. The maximum Gasteiger partial charge on any atom is 0.278 e. The first-order chi connectivity index (χ1) is 14.1. The molecule has 0 atom stereocenters. The Balaban J connectivity index is 1.69. The molecule has 2 amide bonds. The van der Waals surface area contributed by atoms with Crippen LogP contribution < -0.4 is 10.1 Å². The molecule has 0 spiro atoms. The van der Waals surface area contributed by atoms with Crippen LogP contribution in [0.15, 0.2) is 71.7 Å². The minimum Gasteiger partial charge on any atom is -0.497 e. The van der Waals surface area contributed by atoms with Gasteiger partial charge in [-0.3, -0.25) is 14.5 Å². The number of anilines is 1. The number of nitrogens with one attached hydrogen (secondary N) is 1. The van der Waals surface area contributed by atoms with Crippen LogP contribution >= 0.6 is 22.9 Å². The summed E-state index contributed by atoms with van der Waals surface area (Å²) in [6.07, 6.45) is 0. The number of halogens is 1. The number of benzene rings is 2. The van der Waals surface area contributed by atoms with Crippen LogP contribution in [-0.4, -0.2) is 23.8 Å². The minimum atomic E-state index is -0.380. The van der Waals surface area contributed by atoms with Crippen molar-refractivity contribution in [3.63, 3.8) is 0 Å². The van der Waals surface area contributed by atoms with Gasteiger partial charge >= 0.3 is 0 Å². The van der Waals surface area contributed by atoms with Crippen LogP contribution in [0.4, 0.5) is 5.69 Å². The molecule has 0 radical (unpaired) electrons. The maximum atomic E-state index is 13.2. The van der Waals surface area contributed by atoms with E-state index in [1.54, 1.807) is 37.4 Å². The molecule has 0 unspecified atom stereocenters. The molecule has 0 fully saturated rings. The molecule has 4 rings (SSSR count). The van der Waals surface area contributed by atoms with E-state index in [-0.39, 0.29) is 24.1 Å². The summed E-state index contributed by atoms with van der Waals surface area (Å²) in [5.74, 6) is -0.0142. The molecular formula is C22H17ClN2O3S. The van der Waals surface area contributed by atoms with Gasteiger partial charge in [-0.05, 0) is 47.3 Å². The zero-order valence-electron chi connectivity index (χ0n) is 15.5. The summed E-state index contributed by atoms with van der Waals surface area (Å²) in [5.41, 5.74) is 2.03. The SMILES string of the molecule is COc1ccc(NC2=C(c3cccs3)C(=O)N(Cc3ccccc3Cl)C2=O)cc1. The van der Waals surface area contributed by atoms with Gasteiger partial charge < -0.3 is 10.1 Å². The van der Waals surface area contributed by atoms with Crippen LogP contribution in [-0.2, 0) is 16.1 Å². The lowest BCUT2D eigenvalue weighted by atomic mass is 10.2. The molecule has 2 heterocycles. The predicted octanol–water partition coefficient (Wildman–Crippen LogP) is 4.80. The third-order valence-corrected chi connectivity index (χ3v) is 5.84. The summed E-state index contributed by atoms with van der Waals surface area (Å²) in [7, 11) is 1.59. The highest BCUT2D eigenvalue weighted by molar-refractivity contribution is 7.11. The minimum absolute atomic E-state index is 0.111. The van der Waals surface area contributed by atoms with Gasteiger partial charge in [0.05, 0.1) is 19.2 Å². The molecule has 0 bridgehead atoms. The maximum absolute atomic E-state index is 13.2. The zero-order valence-corrected chi connectivity index (χ0v) is 17.1. The summed E-state index contributed by atoms with van der Waals surface area (Å²) >= 11 is 7.65. The molecule has 5 nitrogen and oxygen atoms in total. The molecule has 7 heteroatoms. The lowest BCUT2D eigenvalue weighted by Gasteiger charge is -2.16. The number of rotatable bonds is 6. The number of imide groups is 1. The molecule has 3 aromatic rings. The van der Waals surface area contributed by atoms with Gasteiger partial charge in [-0.15, -0.1) is 11.3 Å². The zero-order chi connectivity index (χ0) is 20.4. The van der Waals surface area contributed by atoms with Gasteiger partial charge in [0.1, 0.15) is 11.4 Å². The summed E-state index contributed by atoms with van der Waals surface area (Å²) < 4.78 is 5.17. The molecule has 0 saturated carbocycles. The van der Waals surface area contributed by atoms with Crippen LogP contribution in [0.1, 0.15) is 10.4 Å². The van der Waals surface area contributed by atoms with Gasteiger partial charge in [0.2, 0.25) is 0 Å². The third-order valence-electron chi connectivity index (χ3n) is 4.58. The average Bonchev–Trinajstić information content (AvgIpc) is 3.33. The Labute approximate surface area is 177 Å². The first kappa shape index (κ1) is 19.2. The molecular weight excluding hydrogens is 408 g/mol. The van der Waals surface area contributed by atoms with Crippen molar-refractivity contribution >= 4 is 46.0 Å². The standard InChI is InChI=1S/C22H17ClN2O3S/c1-28-16-10-8-15(9-11-16)24-20-19(18-7-4-12-29-18)21(26)25(22(20)27)13-14-5-2-3-6-17(14)23/h2-12,24H,13H2,1H3. The van der Waals surface area contributed by atoms with Crippen molar-refractivity contribution in [2.45, 2.75) is 6.54 Å². The van der Waals surface area contributed by atoms with E-state index in [1.807, 2.05) is 35.7 Å². The summed E-state index contributed by atoms with van der Waals surface area (Å²) in [6.45, 7) is 0.111. The fourth-order valence-corrected chi connectivity index (χ4v) is 4.06. The smallest absolute Gasteiger partial charge is 0.278 e. The van der Waals surface area contributed by atoms with Crippen molar-refractivity contribution in [2.24, 2.45) is 0 Å². The normalized spacial score (nSPS) is 13.9. The van der Waals surface area contributed by atoms with Crippen LogP contribution in [0, 0.1) is 0 Å². The molecule has 1 aliphatic rings. The van der Waals surface area contributed by atoms with E-state index in [0.29, 0.717) is 27.6 Å². The predicted molar refractivity (Wildman–Crippen MR) is 115 cm³/mol. The molecule has 0 saturated heterocycles. The Morgan fingerprint density at radius 2 is 1.76 bits per heavy atom. The molecule has 146 valence electrons. The number of thiophene rings is 1. The number of methoxy groups -OCH3 is 1. The molecule has 0 aliphatic carbocycles. The van der Waals surface area contributed by atoms with E-state index >= 15 is 0 Å². The monoisotopic (exact) mass is 424 g/mol. The van der Waals surface area contributed by atoms with Gasteiger partial charge in [0.15, 0.2) is 0 Å². The third kappa shape index (κ3) is 3.77. The second-order valence-electron chi connectivity index (χ2n) is 6.37. The Morgan fingerprint density at radius 1 is 1.00 bits per heavy atom. The van der Waals surface area contributed by atoms with Crippen molar-refractivity contribution in [1.82, 2.24) is 4.90 Å². The largest absolute Gasteiger partial charge is 0.497 e. The first-order valence-corrected chi connectivity index (χ1v) is 10.1. The molecule has 1 aromatic heterocycles. The van der Waals surface area contributed by atoms with Gasteiger partial charge in [0.25, 0.3) is 11.8 Å².